The van der Waals surface area contributed by atoms with Gasteiger partial charge < -0.3 is 15.0 Å². The first-order chi connectivity index (χ1) is 7.74. The Morgan fingerprint density at radius 3 is 2.94 bits per heavy atom. The van der Waals surface area contributed by atoms with Gasteiger partial charge in [0.1, 0.15) is 4.47 Å². The fraction of sp³-hybridized carbons (Fsp3) is 0.600. The summed E-state index contributed by atoms with van der Waals surface area (Å²) < 4.78 is 0.440. The van der Waals surface area contributed by atoms with E-state index in [1.807, 2.05) is 4.90 Å². The van der Waals surface area contributed by atoms with Gasteiger partial charge in [-0.3, -0.25) is 4.79 Å². The van der Waals surface area contributed by atoms with Crippen LogP contribution in [0.25, 0.3) is 0 Å². The summed E-state index contributed by atoms with van der Waals surface area (Å²) in [7, 11) is 0. The van der Waals surface area contributed by atoms with Crippen molar-refractivity contribution in [3.8, 4) is 0 Å². The highest BCUT2D eigenvalue weighted by Crippen LogP contribution is 2.30. The van der Waals surface area contributed by atoms with Crippen LogP contribution >= 0.6 is 15.9 Å². The number of hydrogen-bond donors (Lipinski definition) is 2. The Labute approximate surface area is 102 Å². The molecule has 1 aliphatic rings. The van der Waals surface area contributed by atoms with Crippen LogP contribution in [0.4, 0.5) is 5.82 Å². The second-order valence-electron chi connectivity index (χ2n) is 3.87. The van der Waals surface area contributed by atoms with Gasteiger partial charge in [-0.1, -0.05) is 0 Å². The van der Waals surface area contributed by atoms with Crippen molar-refractivity contribution >= 4 is 21.7 Å². The highest BCUT2D eigenvalue weighted by atomic mass is 79.9. The smallest absolute Gasteiger partial charge is 0.267 e. The lowest BCUT2D eigenvalue weighted by molar-refractivity contribution is 0.282. The number of hydrogen-bond acceptors (Lipinski definition) is 4. The summed E-state index contributed by atoms with van der Waals surface area (Å²) in [4.78, 5) is 20.1. The molecule has 0 aliphatic heterocycles. The topological polar surface area (TPSA) is 69.2 Å². The van der Waals surface area contributed by atoms with E-state index in [1.54, 1.807) is 0 Å². The summed E-state index contributed by atoms with van der Waals surface area (Å²) in [6.45, 7) is 0.580. The van der Waals surface area contributed by atoms with Gasteiger partial charge >= 0.3 is 0 Å². The molecule has 0 atom stereocenters. The Bertz CT molecular complexity index is 417. The zero-order valence-corrected chi connectivity index (χ0v) is 10.4. The minimum Gasteiger partial charge on any atom is -0.395 e. The molecule has 0 amide bonds. The Morgan fingerprint density at radius 2 is 2.38 bits per heavy atom. The molecule has 1 aliphatic carbocycles. The molecule has 16 heavy (non-hydrogen) atoms. The van der Waals surface area contributed by atoms with Gasteiger partial charge in [-0.25, -0.2) is 4.98 Å². The maximum Gasteiger partial charge on any atom is 0.267 e. The Balaban J connectivity index is 2.30. The lowest BCUT2D eigenvalue weighted by Gasteiger charge is -2.38. The zero-order chi connectivity index (χ0) is 11.5. The van der Waals surface area contributed by atoms with Crippen molar-refractivity contribution in [3.05, 3.63) is 21.2 Å². The molecule has 6 heteroatoms. The van der Waals surface area contributed by atoms with Gasteiger partial charge in [0.2, 0.25) is 0 Å². The molecule has 1 heterocycles. The predicted octanol–water partition coefficient (Wildman–Crippen LogP) is 0.884. The number of nitrogens with zero attached hydrogens (tertiary/aromatic N) is 2. The molecule has 1 saturated carbocycles. The monoisotopic (exact) mass is 287 g/mol. The lowest BCUT2D eigenvalue weighted by Crippen LogP contribution is -2.43. The van der Waals surface area contributed by atoms with Gasteiger partial charge in [0, 0.05) is 12.6 Å². The normalized spacial score (nSPS) is 15.9. The molecule has 0 saturated heterocycles. The molecule has 0 aromatic carbocycles. The summed E-state index contributed by atoms with van der Waals surface area (Å²) in [5.74, 6) is 0.627. The molecule has 0 unspecified atom stereocenters. The van der Waals surface area contributed by atoms with Crippen LogP contribution in [0.15, 0.2) is 15.6 Å². The van der Waals surface area contributed by atoms with Crippen molar-refractivity contribution in [1.82, 2.24) is 9.97 Å². The zero-order valence-electron chi connectivity index (χ0n) is 8.82. The van der Waals surface area contributed by atoms with Crippen LogP contribution in [0, 0.1) is 0 Å². The second kappa shape index (κ2) is 4.97. The predicted molar refractivity (Wildman–Crippen MR) is 64.6 cm³/mol. The maximum absolute atomic E-state index is 11.4. The first kappa shape index (κ1) is 11.6. The number of anilines is 1. The van der Waals surface area contributed by atoms with Gasteiger partial charge in [0.15, 0.2) is 5.82 Å². The van der Waals surface area contributed by atoms with E-state index < -0.39 is 0 Å². The van der Waals surface area contributed by atoms with Crippen molar-refractivity contribution in [2.45, 2.75) is 25.3 Å². The number of halogens is 1. The second-order valence-corrected chi connectivity index (χ2v) is 4.66. The van der Waals surface area contributed by atoms with E-state index in [9.17, 15) is 4.79 Å². The average Bonchev–Trinajstić information content (AvgIpc) is 2.19. The maximum atomic E-state index is 11.4. The third-order valence-electron chi connectivity index (χ3n) is 2.91. The first-order valence-corrected chi connectivity index (χ1v) is 6.14. The standard InChI is InChI=1S/C10H14BrN3O2/c11-8-9(12-6-13-10(8)16)14(4-5-15)7-2-1-3-7/h6-7,15H,1-5H2,(H,12,13,16). The molecule has 0 spiro atoms. The van der Waals surface area contributed by atoms with Gasteiger partial charge in [-0.05, 0) is 35.2 Å². The van der Waals surface area contributed by atoms with Crippen LogP contribution in [0.1, 0.15) is 19.3 Å². The summed E-state index contributed by atoms with van der Waals surface area (Å²) in [5.41, 5.74) is -0.188. The number of H-pyrrole nitrogens is 1. The van der Waals surface area contributed by atoms with E-state index in [0.29, 0.717) is 22.9 Å². The molecule has 1 aromatic rings. The van der Waals surface area contributed by atoms with Crippen molar-refractivity contribution in [1.29, 1.82) is 0 Å². The minimum atomic E-state index is -0.188. The Kier molecular flexibility index (Phi) is 3.60. The molecule has 2 rings (SSSR count). The molecule has 2 N–H and O–H groups in total. The SMILES string of the molecule is O=c1[nH]cnc(N(CCO)C2CCC2)c1Br. The fourth-order valence-electron chi connectivity index (χ4n) is 1.84. The van der Waals surface area contributed by atoms with E-state index in [2.05, 4.69) is 25.9 Å². The highest BCUT2D eigenvalue weighted by molar-refractivity contribution is 9.10. The number of aliphatic hydroxyl groups excluding tert-OH is 1. The van der Waals surface area contributed by atoms with Crippen LogP contribution < -0.4 is 10.5 Å². The fourth-order valence-corrected chi connectivity index (χ4v) is 2.29. The summed E-state index contributed by atoms with van der Waals surface area (Å²) in [6.07, 6.45) is 4.79. The Hall–Kier alpha value is -0.880. The van der Waals surface area contributed by atoms with Gasteiger partial charge in [0.05, 0.1) is 12.9 Å². The van der Waals surface area contributed by atoms with E-state index >= 15 is 0 Å². The molecule has 1 fully saturated rings. The lowest BCUT2D eigenvalue weighted by atomic mass is 9.91. The highest BCUT2D eigenvalue weighted by Gasteiger charge is 2.27. The first-order valence-electron chi connectivity index (χ1n) is 5.34. The summed E-state index contributed by atoms with van der Waals surface area (Å²) in [5, 5.41) is 9.06. The summed E-state index contributed by atoms with van der Waals surface area (Å²) in [6, 6.07) is 0.401. The number of rotatable bonds is 4. The van der Waals surface area contributed by atoms with E-state index in [0.717, 1.165) is 12.8 Å². The van der Waals surface area contributed by atoms with Crippen molar-refractivity contribution in [2.75, 3.05) is 18.1 Å². The summed E-state index contributed by atoms with van der Waals surface area (Å²) >= 11 is 3.24. The van der Waals surface area contributed by atoms with Crippen LogP contribution in [0.2, 0.25) is 0 Å². The minimum absolute atomic E-state index is 0.0669. The van der Waals surface area contributed by atoms with Crippen LogP contribution in [0.3, 0.4) is 0 Å². The van der Waals surface area contributed by atoms with Crippen molar-refractivity contribution < 1.29 is 5.11 Å². The van der Waals surface area contributed by atoms with Crippen molar-refractivity contribution in [2.24, 2.45) is 0 Å². The van der Waals surface area contributed by atoms with Gasteiger partial charge in [0.25, 0.3) is 5.56 Å². The van der Waals surface area contributed by atoms with E-state index in [1.165, 1.54) is 12.7 Å². The third kappa shape index (κ3) is 2.12. The average molecular weight is 288 g/mol. The third-order valence-corrected chi connectivity index (χ3v) is 3.62. The Morgan fingerprint density at radius 1 is 1.62 bits per heavy atom. The number of nitrogens with one attached hydrogen (secondary N) is 1. The molecule has 0 bridgehead atoms. The van der Waals surface area contributed by atoms with Crippen molar-refractivity contribution in [3.63, 3.8) is 0 Å². The number of aromatic amines is 1. The van der Waals surface area contributed by atoms with Crippen LogP contribution in [-0.4, -0.2) is 34.3 Å². The number of aromatic nitrogens is 2. The van der Waals surface area contributed by atoms with Gasteiger partial charge in [-0.2, -0.15) is 0 Å². The quantitative estimate of drug-likeness (QED) is 0.863. The van der Waals surface area contributed by atoms with Crippen LogP contribution in [0.5, 0.6) is 0 Å². The van der Waals surface area contributed by atoms with Crippen LogP contribution in [-0.2, 0) is 0 Å². The molecule has 1 aromatic heterocycles. The largest absolute Gasteiger partial charge is 0.395 e. The molecular weight excluding hydrogens is 274 g/mol. The molecule has 5 nitrogen and oxygen atoms in total. The molecule has 0 radical (unpaired) electrons. The number of aliphatic hydroxyl groups is 1. The molecule has 88 valence electrons. The molecular formula is C10H14BrN3O2. The van der Waals surface area contributed by atoms with Gasteiger partial charge in [-0.15, -0.1) is 0 Å². The van der Waals surface area contributed by atoms with E-state index in [-0.39, 0.29) is 12.2 Å². The van der Waals surface area contributed by atoms with E-state index in [4.69, 9.17) is 5.11 Å².